The van der Waals surface area contributed by atoms with Crippen LogP contribution in [0.3, 0.4) is 0 Å². The Balaban J connectivity index is 1.80. The van der Waals surface area contributed by atoms with E-state index in [4.69, 9.17) is 0 Å². The Morgan fingerprint density at radius 2 is 1.39 bits per heavy atom. The number of amides is 1. The van der Waals surface area contributed by atoms with Crippen molar-refractivity contribution < 1.29 is 9.90 Å². The van der Waals surface area contributed by atoms with Crippen molar-refractivity contribution in [2.45, 2.75) is 26.4 Å². The molecule has 3 aromatic rings. The summed E-state index contributed by atoms with van der Waals surface area (Å²) < 4.78 is 0. The zero-order chi connectivity index (χ0) is 19.7. The van der Waals surface area contributed by atoms with E-state index in [1.807, 2.05) is 92.7 Å². The third-order valence-corrected chi connectivity index (χ3v) is 5.26. The maximum Gasteiger partial charge on any atom is 0.290 e. The number of carbonyl (C=O) groups is 1. The van der Waals surface area contributed by atoms with Crippen LogP contribution in [-0.4, -0.2) is 15.9 Å². The van der Waals surface area contributed by atoms with Gasteiger partial charge in [0.1, 0.15) is 0 Å². The summed E-state index contributed by atoms with van der Waals surface area (Å²) in [4.78, 5) is 14.8. The maximum absolute atomic E-state index is 13.0. The van der Waals surface area contributed by atoms with Crippen LogP contribution in [0.25, 0.3) is 5.57 Å². The molecule has 0 bridgehead atoms. The van der Waals surface area contributed by atoms with E-state index in [0.717, 1.165) is 22.3 Å². The highest BCUT2D eigenvalue weighted by molar-refractivity contribution is 6.05. The van der Waals surface area contributed by atoms with Gasteiger partial charge in [-0.25, -0.2) is 0 Å². The average molecular weight is 369 g/mol. The Morgan fingerprint density at radius 3 is 2.00 bits per heavy atom. The lowest BCUT2D eigenvalue weighted by molar-refractivity contribution is -0.130. The summed E-state index contributed by atoms with van der Waals surface area (Å²) in [6.07, 6.45) is 0. The van der Waals surface area contributed by atoms with Gasteiger partial charge in [0, 0.05) is 12.1 Å². The molecule has 0 spiro atoms. The van der Waals surface area contributed by atoms with E-state index < -0.39 is 0 Å². The van der Waals surface area contributed by atoms with Crippen molar-refractivity contribution in [2.75, 3.05) is 0 Å². The van der Waals surface area contributed by atoms with E-state index in [2.05, 4.69) is 0 Å². The van der Waals surface area contributed by atoms with Crippen LogP contribution in [0.4, 0.5) is 0 Å². The Hall–Kier alpha value is -3.33. The number of aliphatic hydroxyl groups is 1. The van der Waals surface area contributed by atoms with Gasteiger partial charge in [-0.05, 0) is 30.5 Å². The van der Waals surface area contributed by atoms with Gasteiger partial charge in [0.15, 0.2) is 5.76 Å². The molecule has 0 aromatic heterocycles. The zero-order valence-corrected chi connectivity index (χ0v) is 16.1. The molecule has 0 saturated carbocycles. The van der Waals surface area contributed by atoms with E-state index in [-0.39, 0.29) is 17.7 Å². The van der Waals surface area contributed by atoms with Gasteiger partial charge in [-0.2, -0.15) is 0 Å². The summed E-state index contributed by atoms with van der Waals surface area (Å²) in [5.74, 6) is -0.492. The minimum Gasteiger partial charge on any atom is -0.503 e. The van der Waals surface area contributed by atoms with Crippen molar-refractivity contribution in [1.82, 2.24) is 4.90 Å². The summed E-state index contributed by atoms with van der Waals surface area (Å²) in [6, 6.07) is 25.7. The van der Waals surface area contributed by atoms with Crippen molar-refractivity contribution >= 4 is 11.5 Å². The molecule has 28 heavy (non-hydrogen) atoms. The van der Waals surface area contributed by atoms with E-state index in [9.17, 15) is 9.90 Å². The van der Waals surface area contributed by atoms with Gasteiger partial charge in [-0.15, -0.1) is 0 Å². The number of hydrogen-bond donors (Lipinski definition) is 1. The molecular formula is C25H23NO2. The topological polar surface area (TPSA) is 40.5 Å². The summed E-state index contributed by atoms with van der Waals surface area (Å²) in [7, 11) is 0. The Bertz CT molecular complexity index is 1020. The summed E-state index contributed by atoms with van der Waals surface area (Å²) in [5.41, 5.74) is 5.91. The fraction of sp³-hybridized carbons (Fsp3) is 0.160. The Kier molecular flexibility index (Phi) is 4.74. The summed E-state index contributed by atoms with van der Waals surface area (Å²) >= 11 is 0. The second-order valence-corrected chi connectivity index (χ2v) is 7.36. The lowest BCUT2D eigenvalue weighted by atomic mass is 9.93. The lowest BCUT2D eigenvalue weighted by Gasteiger charge is -2.27. The van der Waals surface area contributed by atoms with Crippen LogP contribution in [-0.2, 0) is 11.3 Å². The molecule has 1 unspecified atom stereocenters. The molecule has 1 heterocycles. The van der Waals surface area contributed by atoms with Crippen LogP contribution >= 0.6 is 0 Å². The molecule has 3 nitrogen and oxygen atoms in total. The first-order valence-corrected chi connectivity index (χ1v) is 9.46. The fourth-order valence-corrected chi connectivity index (χ4v) is 3.71. The van der Waals surface area contributed by atoms with Gasteiger partial charge in [-0.1, -0.05) is 90.0 Å². The smallest absolute Gasteiger partial charge is 0.290 e. The molecule has 3 heteroatoms. The molecule has 0 radical (unpaired) electrons. The van der Waals surface area contributed by atoms with Crippen LogP contribution in [0.2, 0.25) is 0 Å². The summed E-state index contributed by atoms with van der Waals surface area (Å²) in [5, 5.41) is 10.8. The van der Waals surface area contributed by atoms with Crippen LogP contribution in [0, 0.1) is 13.8 Å². The van der Waals surface area contributed by atoms with Gasteiger partial charge >= 0.3 is 0 Å². The van der Waals surface area contributed by atoms with E-state index in [1.165, 1.54) is 5.56 Å². The Morgan fingerprint density at radius 1 is 0.821 bits per heavy atom. The van der Waals surface area contributed by atoms with Crippen LogP contribution in [0.15, 0.2) is 84.6 Å². The first-order valence-electron chi connectivity index (χ1n) is 9.46. The number of hydrogen-bond acceptors (Lipinski definition) is 2. The quantitative estimate of drug-likeness (QED) is 0.673. The molecule has 4 rings (SSSR count). The molecule has 1 atom stereocenters. The van der Waals surface area contributed by atoms with Gasteiger partial charge in [0.2, 0.25) is 0 Å². The summed E-state index contributed by atoms with van der Waals surface area (Å²) in [6.45, 7) is 4.53. The SMILES string of the molecule is Cc1ccc(CN2C(=O)C(O)=C(c3ccccc3)C2c2ccc(C)cc2)cc1. The normalized spacial score (nSPS) is 16.7. The largest absolute Gasteiger partial charge is 0.503 e. The molecule has 1 N–H and O–H groups in total. The molecule has 0 aliphatic carbocycles. The minimum atomic E-state index is -0.329. The number of aryl methyl sites for hydroxylation is 2. The zero-order valence-electron chi connectivity index (χ0n) is 16.1. The molecule has 140 valence electrons. The number of nitrogens with zero attached hydrogens (tertiary/aromatic N) is 1. The van der Waals surface area contributed by atoms with Crippen LogP contribution < -0.4 is 0 Å². The van der Waals surface area contributed by atoms with Crippen LogP contribution in [0.1, 0.15) is 33.9 Å². The molecule has 1 amide bonds. The van der Waals surface area contributed by atoms with Gasteiger partial charge in [-0.3, -0.25) is 4.79 Å². The standard InChI is InChI=1S/C25H23NO2/c1-17-8-12-19(13-9-17)16-26-23(21-14-10-18(2)11-15-21)22(24(27)25(26)28)20-6-4-3-5-7-20/h3-15,23,27H,16H2,1-2H3. The first-order chi connectivity index (χ1) is 13.5. The van der Waals surface area contributed by atoms with Crippen molar-refractivity contribution in [3.05, 3.63) is 112 Å². The van der Waals surface area contributed by atoms with Crippen molar-refractivity contribution in [3.63, 3.8) is 0 Å². The van der Waals surface area contributed by atoms with Crippen molar-refractivity contribution in [2.24, 2.45) is 0 Å². The van der Waals surface area contributed by atoms with Crippen molar-refractivity contribution in [3.8, 4) is 0 Å². The van der Waals surface area contributed by atoms with Gasteiger partial charge < -0.3 is 10.0 Å². The van der Waals surface area contributed by atoms with E-state index in [0.29, 0.717) is 12.1 Å². The number of aliphatic hydroxyl groups excluding tert-OH is 1. The van der Waals surface area contributed by atoms with E-state index in [1.54, 1.807) is 4.90 Å². The monoisotopic (exact) mass is 369 g/mol. The predicted octanol–water partition coefficient (Wildman–Crippen LogP) is 5.36. The second-order valence-electron chi connectivity index (χ2n) is 7.36. The number of carbonyl (C=O) groups excluding carboxylic acids is 1. The number of benzene rings is 3. The highest BCUT2D eigenvalue weighted by Crippen LogP contribution is 2.43. The molecule has 3 aromatic carbocycles. The van der Waals surface area contributed by atoms with Gasteiger partial charge in [0.25, 0.3) is 5.91 Å². The van der Waals surface area contributed by atoms with Crippen LogP contribution in [0.5, 0.6) is 0 Å². The minimum absolute atomic E-state index is 0.163. The molecular weight excluding hydrogens is 346 g/mol. The third-order valence-electron chi connectivity index (χ3n) is 5.26. The Labute approximate surface area is 165 Å². The molecule has 1 aliphatic heterocycles. The maximum atomic E-state index is 13.0. The number of rotatable bonds is 4. The fourth-order valence-electron chi connectivity index (χ4n) is 3.71. The lowest BCUT2D eigenvalue weighted by Crippen LogP contribution is -2.29. The third kappa shape index (κ3) is 3.31. The van der Waals surface area contributed by atoms with Gasteiger partial charge in [0.05, 0.1) is 6.04 Å². The van der Waals surface area contributed by atoms with E-state index >= 15 is 0 Å². The highest BCUT2D eigenvalue weighted by atomic mass is 16.3. The van der Waals surface area contributed by atoms with Crippen molar-refractivity contribution in [1.29, 1.82) is 0 Å². The molecule has 1 aliphatic rings. The molecule has 0 fully saturated rings. The highest BCUT2D eigenvalue weighted by Gasteiger charge is 2.40. The molecule has 0 saturated heterocycles. The second kappa shape index (κ2) is 7.35. The predicted molar refractivity (Wildman–Crippen MR) is 112 cm³/mol. The first kappa shape index (κ1) is 18.1. The average Bonchev–Trinajstić information content (AvgIpc) is 2.96.